The molecule has 136 valence electrons. The van der Waals surface area contributed by atoms with E-state index in [2.05, 4.69) is 11.8 Å². The number of amides is 1. The third-order valence-electron chi connectivity index (χ3n) is 4.57. The Hall–Kier alpha value is -1.97. The van der Waals surface area contributed by atoms with E-state index in [1.165, 1.54) is 12.8 Å². The van der Waals surface area contributed by atoms with Crippen LogP contribution in [0.3, 0.4) is 0 Å². The number of nitrogens with zero attached hydrogens (tertiary/aromatic N) is 1. The van der Waals surface area contributed by atoms with Gasteiger partial charge in [0.2, 0.25) is 5.91 Å². The summed E-state index contributed by atoms with van der Waals surface area (Å²) < 4.78 is 11.4. The normalized spacial score (nSPS) is 16.9. The van der Waals surface area contributed by atoms with Crippen LogP contribution in [0.1, 0.15) is 51.5 Å². The van der Waals surface area contributed by atoms with E-state index in [0.717, 1.165) is 48.8 Å². The Bertz CT molecular complexity index is 618. The molecule has 1 aromatic carbocycles. The van der Waals surface area contributed by atoms with Crippen LogP contribution in [0.5, 0.6) is 11.5 Å². The third-order valence-corrected chi connectivity index (χ3v) is 4.57. The second-order valence-corrected chi connectivity index (χ2v) is 6.99. The van der Waals surface area contributed by atoms with Gasteiger partial charge in [0.05, 0.1) is 13.2 Å². The lowest BCUT2D eigenvalue weighted by Gasteiger charge is -2.20. The van der Waals surface area contributed by atoms with E-state index in [4.69, 9.17) is 9.47 Å². The number of carbonyl (C=O) groups is 1. The molecule has 2 fully saturated rings. The second-order valence-electron chi connectivity index (χ2n) is 6.99. The molecule has 0 bridgehead atoms. The van der Waals surface area contributed by atoms with Gasteiger partial charge in [-0.15, -0.1) is 0 Å². The minimum Gasteiger partial charge on any atom is -0.490 e. The molecule has 2 saturated carbocycles. The van der Waals surface area contributed by atoms with Gasteiger partial charge in [-0.25, -0.2) is 0 Å². The predicted molar refractivity (Wildman–Crippen MR) is 99.9 cm³/mol. The van der Waals surface area contributed by atoms with Crippen molar-refractivity contribution in [3.05, 3.63) is 29.8 Å². The largest absolute Gasteiger partial charge is 0.490 e. The SMILES string of the molecule is CCCOc1ccc(/C=C/C(=O)N(CC2CC2)C2CC2)cc1OCC. The average Bonchev–Trinajstić information content (AvgIpc) is 3.50. The number of ether oxygens (including phenoxy) is 2. The summed E-state index contributed by atoms with van der Waals surface area (Å²) >= 11 is 0. The Morgan fingerprint density at radius 1 is 1.16 bits per heavy atom. The molecule has 0 heterocycles. The van der Waals surface area contributed by atoms with Crippen molar-refractivity contribution in [1.82, 2.24) is 4.90 Å². The van der Waals surface area contributed by atoms with Gasteiger partial charge in [0.1, 0.15) is 0 Å². The van der Waals surface area contributed by atoms with Gasteiger partial charge in [0, 0.05) is 18.7 Å². The van der Waals surface area contributed by atoms with Crippen LogP contribution in [-0.4, -0.2) is 36.6 Å². The lowest BCUT2D eigenvalue weighted by Crippen LogP contribution is -2.33. The lowest BCUT2D eigenvalue weighted by molar-refractivity contribution is -0.126. The fourth-order valence-electron chi connectivity index (χ4n) is 2.87. The summed E-state index contributed by atoms with van der Waals surface area (Å²) in [5, 5.41) is 0. The number of hydrogen-bond donors (Lipinski definition) is 0. The maximum atomic E-state index is 12.6. The van der Waals surface area contributed by atoms with Crippen LogP contribution in [0.15, 0.2) is 24.3 Å². The second kappa shape index (κ2) is 8.41. The van der Waals surface area contributed by atoms with Gasteiger partial charge in [-0.3, -0.25) is 4.79 Å². The molecule has 0 unspecified atom stereocenters. The van der Waals surface area contributed by atoms with E-state index in [9.17, 15) is 4.79 Å². The quantitative estimate of drug-likeness (QED) is 0.595. The number of carbonyl (C=O) groups excluding carboxylic acids is 1. The molecule has 3 rings (SSSR count). The molecule has 4 nitrogen and oxygen atoms in total. The van der Waals surface area contributed by atoms with Crippen molar-refractivity contribution < 1.29 is 14.3 Å². The van der Waals surface area contributed by atoms with Crippen LogP contribution >= 0.6 is 0 Å². The molecule has 2 aliphatic carbocycles. The average molecular weight is 343 g/mol. The highest BCUT2D eigenvalue weighted by molar-refractivity contribution is 5.92. The molecule has 0 radical (unpaired) electrons. The van der Waals surface area contributed by atoms with Crippen molar-refractivity contribution in [2.45, 2.75) is 52.0 Å². The summed E-state index contributed by atoms with van der Waals surface area (Å²) in [4.78, 5) is 14.6. The monoisotopic (exact) mass is 343 g/mol. The van der Waals surface area contributed by atoms with Gasteiger partial charge in [0.25, 0.3) is 0 Å². The molecule has 0 saturated heterocycles. The van der Waals surface area contributed by atoms with E-state index in [1.54, 1.807) is 6.08 Å². The fourth-order valence-corrected chi connectivity index (χ4v) is 2.87. The maximum Gasteiger partial charge on any atom is 0.246 e. The molecule has 2 aliphatic rings. The molecular formula is C21H29NO3. The van der Waals surface area contributed by atoms with Crippen molar-refractivity contribution in [3.63, 3.8) is 0 Å². The third kappa shape index (κ3) is 5.25. The first-order valence-corrected chi connectivity index (χ1v) is 9.59. The van der Waals surface area contributed by atoms with E-state index in [1.807, 2.05) is 31.2 Å². The molecular weight excluding hydrogens is 314 g/mol. The van der Waals surface area contributed by atoms with Crippen LogP contribution < -0.4 is 9.47 Å². The highest BCUT2D eigenvalue weighted by Crippen LogP contribution is 2.35. The molecule has 0 spiro atoms. The number of benzene rings is 1. The minimum atomic E-state index is 0.138. The Morgan fingerprint density at radius 2 is 1.96 bits per heavy atom. The summed E-state index contributed by atoms with van der Waals surface area (Å²) in [7, 11) is 0. The summed E-state index contributed by atoms with van der Waals surface area (Å²) in [6.45, 7) is 6.23. The topological polar surface area (TPSA) is 38.8 Å². The highest BCUT2D eigenvalue weighted by atomic mass is 16.5. The van der Waals surface area contributed by atoms with Crippen molar-refractivity contribution in [2.75, 3.05) is 19.8 Å². The number of hydrogen-bond acceptors (Lipinski definition) is 3. The summed E-state index contributed by atoms with van der Waals surface area (Å²) in [6, 6.07) is 6.31. The van der Waals surface area contributed by atoms with Gasteiger partial charge in [-0.05, 0) is 68.7 Å². The van der Waals surface area contributed by atoms with Gasteiger partial charge in [0.15, 0.2) is 11.5 Å². The van der Waals surface area contributed by atoms with E-state index in [0.29, 0.717) is 19.3 Å². The maximum absolute atomic E-state index is 12.6. The standard InChI is InChI=1S/C21H29NO3/c1-3-13-25-19-11-7-16(14-20(19)24-4-2)8-12-21(23)22(18-9-10-18)15-17-5-6-17/h7-8,11-12,14,17-18H,3-6,9-10,13,15H2,1-2H3/b12-8+. The summed E-state index contributed by atoms with van der Waals surface area (Å²) in [5.41, 5.74) is 0.961. The van der Waals surface area contributed by atoms with Crippen LogP contribution in [-0.2, 0) is 4.79 Å². The van der Waals surface area contributed by atoms with Crippen LogP contribution in [0, 0.1) is 5.92 Å². The summed E-state index contributed by atoms with van der Waals surface area (Å²) in [6.07, 6.45) is 9.41. The van der Waals surface area contributed by atoms with E-state index < -0.39 is 0 Å². The summed E-state index contributed by atoms with van der Waals surface area (Å²) in [5.74, 6) is 2.37. The van der Waals surface area contributed by atoms with E-state index >= 15 is 0 Å². The predicted octanol–water partition coefficient (Wildman–Crippen LogP) is 4.29. The molecule has 0 aliphatic heterocycles. The van der Waals surface area contributed by atoms with E-state index in [-0.39, 0.29) is 5.91 Å². The Labute approximate surface area is 150 Å². The molecule has 25 heavy (non-hydrogen) atoms. The first-order chi connectivity index (χ1) is 12.2. The molecule has 0 aromatic heterocycles. The Kier molecular flexibility index (Phi) is 6.00. The van der Waals surface area contributed by atoms with Crippen molar-refractivity contribution >= 4 is 12.0 Å². The molecule has 4 heteroatoms. The van der Waals surface area contributed by atoms with Crippen molar-refractivity contribution in [2.24, 2.45) is 5.92 Å². The van der Waals surface area contributed by atoms with Gasteiger partial charge >= 0.3 is 0 Å². The van der Waals surface area contributed by atoms with Gasteiger partial charge < -0.3 is 14.4 Å². The molecule has 0 N–H and O–H groups in total. The zero-order valence-electron chi connectivity index (χ0n) is 15.4. The molecule has 1 aromatic rings. The van der Waals surface area contributed by atoms with Crippen LogP contribution in [0.25, 0.3) is 6.08 Å². The Balaban J connectivity index is 1.66. The van der Waals surface area contributed by atoms with Gasteiger partial charge in [-0.1, -0.05) is 13.0 Å². The Morgan fingerprint density at radius 3 is 2.60 bits per heavy atom. The van der Waals surface area contributed by atoms with Crippen molar-refractivity contribution in [3.8, 4) is 11.5 Å². The highest BCUT2D eigenvalue weighted by Gasteiger charge is 2.35. The smallest absolute Gasteiger partial charge is 0.246 e. The minimum absolute atomic E-state index is 0.138. The van der Waals surface area contributed by atoms with Gasteiger partial charge in [-0.2, -0.15) is 0 Å². The van der Waals surface area contributed by atoms with Crippen LogP contribution in [0.2, 0.25) is 0 Å². The molecule has 1 amide bonds. The fraction of sp³-hybridized carbons (Fsp3) is 0.571. The first-order valence-electron chi connectivity index (χ1n) is 9.59. The zero-order valence-corrected chi connectivity index (χ0v) is 15.4. The number of rotatable bonds is 10. The van der Waals surface area contributed by atoms with Crippen LogP contribution in [0.4, 0.5) is 0 Å². The molecule has 0 atom stereocenters. The zero-order chi connectivity index (χ0) is 17.6. The first kappa shape index (κ1) is 17.8. The van der Waals surface area contributed by atoms with Crippen molar-refractivity contribution in [1.29, 1.82) is 0 Å². The lowest BCUT2D eigenvalue weighted by atomic mass is 10.2.